The van der Waals surface area contributed by atoms with E-state index in [-0.39, 0.29) is 6.03 Å². The first-order valence-corrected chi connectivity index (χ1v) is 10.8. The largest absolute Gasteiger partial charge is 0.385 e. The van der Waals surface area contributed by atoms with Crippen molar-refractivity contribution >= 4 is 29.0 Å². The van der Waals surface area contributed by atoms with Crippen LogP contribution in [0.3, 0.4) is 0 Å². The third-order valence-electron chi connectivity index (χ3n) is 6.37. The molecule has 1 saturated carbocycles. The summed E-state index contributed by atoms with van der Waals surface area (Å²) in [6, 6.07) is 11.0. The quantitative estimate of drug-likeness (QED) is 0.640. The molecule has 0 spiro atoms. The SMILES string of the molecule is Cc1c(C2CC2)nc2ccc(NC(=O)N3CCC(O)(c4ccc(Cl)cc4)CC3)cn12. The lowest BCUT2D eigenvalue weighted by atomic mass is 9.84. The molecular formula is C23H25ClN4O2. The fourth-order valence-electron chi connectivity index (χ4n) is 4.33. The van der Waals surface area contributed by atoms with Crippen molar-refractivity contribution in [2.45, 2.75) is 44.1 Å². The van der Waals surface area contributed by atoms with Crippen LogP contribution in [0.25, 0.3) is 5.65 Å². The number of hydrogen-bond acceptors (Lipinski definition) is 3. The number of aromatic nitrogens is 2. The predicted octanol–water partition coefficient (Wildman–Crippen LogP) is 4.69. The molecule has 1 aromatic carbocycles. The van der Waals surface area contributed by atoms with Gasteiger partial charge < -0.3 is 19.7 Å². The molecule has 2 aliphatic rings. The number of pyridine rings is 1. The van der Waals surface area contributed by atoms with Gasteiger partial charge in [-0.2, -0.15) is 0 Å². The van der Waals surface area contributed by atoms with E-state index in [0.29, 0.717) is 36.9 Å². The molecule has 0 radical (unpaired) electrons. The van der Waals surface area contributed by atoms with Gasteiger partial charge in [0.25, 0.3) is 0 Å². The first kappa shape index (κ1) is 19.4. The standard InChI is InChI=1S/C23H25ClN4O2/c1-15-21(16-2-3-16)26-20-9-8-19(14-28(15)20)25-22(29)27-12-10-23(30,11-13-27)17-4-6-18(24)7-5-17/h4-9,14,16,30H,2-3,10-13H2,1H3,(H,25,29). The maximum Gasteiger partial charge on any atom is 0.321 e. The van der Waals surface area contributed by atoms with E-state index in [1.54, 1.807) is 17.0 Å². The van der Waals surface area contributed by atoms with Gasteiger partial charge in [-0.05, 0) is 62.4 Å². The number of carbonyl (C=O) groups excluding carboxylic acids is 1. The number of halogens is 1. The molecule has 0 atom stereocenters. The van der Waals surface area contributed by atoms with Crippen LogP contribution >= 0.6 is 11.6 Å². The topological polar surface area (TPSA) is 69.9 Å². The van der Waals surface area contributed by atoms with Crippen LogP contribution < -0.4 is 5.32 Å². The summed E-state index contributed by atoms with van der Waals surface area (Å²) >= 11 is 5.96. The van der Waals surface area contributed by atoms with Gasteiger partial charge in [0.1, 0.15) is 5.65 Å². The van der Waals surface area contributed by atoms with Crippen LogP contribution in [0.5, 0.6) is 0 Å². The summed E-state index contributed by atoms with van der Waals surface area (Å²) in [5.74, 6) is 0.593. The van der Waals surface area contributed by atoms with E-state index in [4.69, 9.17) is 16.6 Å². The summed E-state index contributed by atoms with van der Waals surface area (Å²) in [6.45, 7) is 3.06. The highest BCUT2D eigenvalue weighted by atomic mass is 35.5. The molecule has 3 heterocycles. The van der Waals surface area contributed by atoms with E-state index in [1.807, 2.05) is 30.5 Å². The fraction of sp³-hybridized carbons (Fsp3) is 0.391. The Morgan fingerprint density at radius 3 is 2.53 bits per heavy atom. The maximum atomic E-state index is 12.8. The number of rotatable bonds is 3. The molecule has 2 aromatic heterocycles. The number of aryl methyl sites for hydroxylation is 1. The van der Waals surface area contributed by atoms with Crippen LogP contribution in [0.15, 0.2) is 42.6 Å². The predicted molar refractivity (Wildman–Crippen MR) is 117 cm³/mol. The maximum absolute atomic E-state index is 12.8. The monoisotopic (exact) mass is 424 g/mol. The van der Waals surface area contributed by atoms with Gasteiger partial charge in [-0.15, -0.1) is 0 Å². The molecule has 5 rings (SSSR count). The van der Waals surface area contributed by atoms with E-state index in [2.05, 4.69) is 16.6 Å². The molecule has 1 saturated heterocycles. The van der Waals surface area contributed by atoms with Crippen molar-refractivity contribution in [2.75, 3.05) is 18.4 Å². The summed E-state index contributed by atoms with van der Waals surface area (Å²) in [7, 11) is 0. The number of nitrogens with one attached hydrogen (secondary N) is 1. The van der Waals surface area contributed by atoms with Crippen LogP contribution in [-0.2, 0) is 5.60 Å². The number of amides is 2. The summed E-state index contributed by atoms with van der Waals surface area (Å²) in [5.41, 5.74) is 3.91. The third-order valence-corrected chi connectivity index (χ3v) is 6.62. The Hall–Kier alpha value is -2.57. The number of urea groups is 1. The average molecular weight is 425 g/mol. The number of carbonyl (C=O) groups is 1. The molecule has 0 bridgehead atoms. The lowest BCUT2D eigenvalue weighted by Crippen LogP contribution is -2.46. The number of piperidine rings is 1. The number of fused-ring (bicyclic) bond motifs is 1. The van der Waals surface area contributed by atoms with Gasteiger partial charge >= 0.3 is 6.03 Å². The fourth-order valence-corrected chi connectivity index (χ4v) is 4.45. The van der Waals surface area contributed by atoms with E-state index >= 15 is 0 Å². The normalized spacial score (nSPS) is 18.6. The average Bonchev–Trinajstić information content (AvgIpc) is 3.53. The highest BCUT2D eigenvalue weighted by Crippen LogP contribution is 2.41. The van der Waals surface area contributed by atoms with E-state index in [9.17, 15) is 9.90 Å². The minimum absolute atomic E-state index is 0.146. The summed E-state index contributed by atoms with van der Waals surface area (Å²) < 4.78 is 2.05. The molecule has 2 fully saturated rings. The molecule has 2 amide bonds. The molecule has 1 aliphatic heterocycles. The van der Waals surface area contributed by atoms with E-state index in [0.717, 1.165) is 22.6 Å². The van der Waals surface area contributed by atoms with Gasteiger partial charge in [-0.3, -0.25) is 0 Å². The number of nitrogens with zero attached hydrogens (tertiary/aromatic N) is 3. The molecule has 1 aliphatic carbocycles. The zero-order valence-electron chi connectivity index (χ0n) is 16.9. The summed E-state index contributed by atoms with van der Waals surface area (Å²) in [6.07, 6.45) is 5.35. The highest BCUT2D eigenvalue weighted by molar-refractivity contribution is 6.30. The van der Waals surface area contributed by atoms with Crippen LogP contribution in [0.1, 0.15) is 48.6 Å². The smallest absolute Gasteiger partial charge is 0.321 e. The Bertz CT molecular complexity index is 1100. The molecule has 0 unspecified atom stereocenters. The van der Waals surface area contributed by atoms with Crippen molar-refractivity contribution in [3.63, 3.8) is 0 Å². The molecule has 30 heavy (non-hydrogen) atoms. The van der Waals surface area contributed by atoms with Gasteiger partial charge in [-0.1, -0.05) is 23.7 Å². The lowest BCUT2D eigenvalue weighted by Gasteiger charge is -2.38. The van der Waals surface area contributed by atoms with Crippen LogP contribution in [0.4, 0.5) is 10.5 Å². The highest BCUT2D eigenvalue weighted by Gasteiger charge is 2.35. The van der Waals surface area contributed by atoms with Crippen molar-refractivity contribution in [3.8, 4) is 0 Å². The van der Waals surface area contributed by atoms with Gasteiger partial charge in [0.15, 0.2) is 0 Å². The summed E-state index contributed by atoms with van der Waals surface area (Å²) in [4.78, 5) is 19.3. The van der Waals surface area contributed by atoms with Crippen molar-refractivity contribution in [3.05, 3.63) is 64.6 Å². The second kappa shape index (κ2) is 7.29. The molecular weight excluding hydrogens is 400 g/mol. The second-order valence-electron chi connectivity index (χ2n) is 8.46. The Morgan fingerprint density at radius 2 is 1.87 bits per heavy atom. The molecule has 6 nitrogen and oxygen atoms in total. The Labute approximate surface area is 180 Å². The van der Waals surface area contributed by atoms with Crippen LogP contribution in [0, 0.1) is 6.92 Å². The molecule has 2 N–H and O–H groups in total. The van der Waals surface area contributed by atoms with Gasteiger partial charge in [-0.25, -0.2) is 9.78 Å². The number of aliphatic hydroxyl groups is 1. The van der Waals surface area contributed by atoms with Crippen LogP contribution in [0.2, 0.25) is 5.02 Å². The second-order valence-corrected chi connectivity index (χ2v) is 8.89. The Kier molecular flexibility index (Phi) is 4.71. The first-order valence-electron chi connectivity index (χ1n) is 10.5. The Morgan fingerprint density at radius 1 is 1.17 bits per heavy atom. The van der Waals surface area contributed by atoms with E-state index in [1.165, 1.54) is 18.5 Å². The zero-order chi connectivity index (χ0) is 20.9. The number of hydrogen-bond donors (Lipinski definition) is 2. The number of anilines is 1. The van der Waals surface area contributed by atoms with Gasteiger partial charge in [0.05, 0.1) is 17.0 Å². The number of benzene rings is 1. The molecule has 156 valence electrons. The van der Waals surface area contributed by atoms with Gasteiger partial charge in [0, 0.05) is 35.9 Å². The minimum Gasteiger partial charge on any atom is -0.385 e. The number of likely N-dealkylation sites (tertiary alicyclic amines) is 1. The van der Waals surface area contributed by atoms with Crippen molar-refractivity contribution < 1.29 is 9.90 Å². The molecule has 7 heteroatoms. The lowest BCUT2D eigenvalue weighted by molar-refractivity contribution is -0.0156. The minimum atomic E-state index is -0.923. The zero-order valence-corrected chi connectivity index (χ0v) is 17.7. The number of imidazole rings is 1. The third kappa shape index (κ3) is 3.55. The van der Waals surface area contributed by atoms with Crippen molar-refractivity contribution in [2.24, 2.45) is 0 Å². The van der Waals surface area contributed by atoms with E-state index < -0.39 is 5.60 Å². The van der Waals surface area contributed by atoms with Crippen molar-refractivity contribution in [1.82, 2.24) is 14.3 Å². The summed E-state index contributed by atoms with van der Waals surface area (Å²) in [5, 5.41) is 14.7. The molecule has 3 aromatic rings. The van der Waals surface area contributed by atoms with Crippen LogP contribution in [-0.4, -0.2) is 38.5 Å². The Balaban J connectivity index is 1.26. The first-order chi connectivity index (χ1) is 14.4. The van der Waals surface area contributed by atoms with Crippen molar-refractivity contribution in [1.29, 1.82) is 0 Å². The van der Waals surface area contributed by atoms with Gasteiger partial charge in [0.2, 0.25) is 0 Å².